The van der Waals surface area contributed by atoms with Gasteiger partial charge in [0.25, 0.3) is 0 Å². The van der Waals surface area contributed by atoms with Crippen molar-refractivity contribution in [1.82, 2.24) is 0 Å². The van der Waals surface area contributed by atoms with Crippen LogP contribution in [-0.2, 0) is 37.0 Å². The Hall–Kier alpha value is -4.09. The molecule has 188 valence electrons. The average molecular weight is 498 g/mol. The summed E-state index contributed by atoms with van der Waals surface area (Å²) in [5.74, 6) is -1.22. The normalized spacial score (nSPS) is 20.0. The van der Waals surface area contributed by atoms with Crippen molar-refractivity contribution in [3.8, 4) is 6.07 Å². The number of hydrogen-bond donors (Lipinski definition) is 1. The minimum absolute atomic E-state index is 0.0357. The maximum atomic E-state index is 13.5. The highest BCUT2D eigenvalue weighted by molar-refractivity contribution is 6.02. The second-order valence-corrected chi connectivity index (χ2v) is 8.68. The van der Waals surface area contributed by atoms with Gasteiger partial charge in [-0.25, -0.2) is 0 Å². The molecule has 4 atom stereocenters. The van der Waals surface area contributed by atoms with Gasteiger partial charge < -0.3 is 19.3 Å². The van der Waals surface area contributed by atoms with Gasteiger partial charge in [-0.05, 0) is 34.9 Å². The minimum atomic E-state index is -1.31. The molecule has 0 spiro atoms. The van der Waals surface area contributed by atoms with Gasteiger partial charge in [0, 0.05) is 12.5 Å². The predicted octanol–water partition coefficient (Wildman–Crippen LogP) is 4.20. The molecule has 1 aliphatic carbocycles. The smallest absolute Gasteiger partial charge is 0.303 e. The summed E-state index contributed by atoms with van der Waals surface area (Å²) in [5, 5.41) is 20.2. The Bertz CT molecular complexity index is 1280. The van der Waals surface area contributed by atoms with Gasteiger partial charge in [0.1, 0.15) is 18.3 Å². The highest BCUT2D eigenvalue weighted by Gasteiger charge is 2.45. The number of nitriles is 1. The molecule has 0 saturated heterocycles. The third kappa shape index (κ3) is 6.57. The van der Waals surface area contributed by atoms with E-state index < -0.39 is 36.2 Å². The molecule has 1 aliphatic rings. The van der Waals surface area contributed by atoms with Gasteiger partial charge in [0.2, 0.25) is 5.78 Å². The van der Waals surface area contributed by atoms with Crippen LogP contribution < -0.4 is 0 Å². The fourth-order valence-corrected chi connectivity index (χ4v) is 4.14. The molecule has 0 amide bonds. The summed E-state index contributed by atoms with van der Waals surface area (Å²) in [4.78, 5) is 25.5. The molecule has 0 radical (unpaired) electrons. The third-order valence-corrected chi connectivity index (χ3v) is 6.02. The van der Waals surface area contributed by atoms with Gasteiger partial charge in [0.05, 0.1) is 24.8 Å². The van der Waals surface area contributed by atoms with Crippen LogP contribution in [0.4, 0.5) is 0 Å². The highest BCUT2D eigenvalue weighted by atomic mass is 16.6. The molecule has 3 aromatic carbocycles. The topological polar surface area (TPSA) is 106 Å². The number of carbonyl (C=O) groups is 2. The first-order valence-electron chi connectivity index (χ1n) is 11.9. The number of nitrogens with zero attached hydrogens (tertiary/aromatic N) is 1. The van der Waals surface area contributed by atoms with E-state index in [1.807, 2.05) is 66.7 Å². The summed E-state index contributed by atoms with van der Waals surface area (Å²) in [6.45, 7) is 1.61. The molecule has 37 heavy (non-hydrogen) atoms. The highest BCUT2D eigenvalue weighted by Crippen LogP contribution is 2.33. The summed E-state index contributed by atoms with van der Waals surface area (Å²) in [6.07, 6.45) is -2.80. The Morgan fingerprint density at radius 2 is 1.49 bits per heavy atom. The molecule has 1 N–H and O–H groups in total. The number of ketones is 1. The Balaban J connectivity index is 1.67. The predicted molar refractivity (Wildman–Crippen MR) is 135 cm³/mol. The largest absolute Gasteiger partial charge is 0.451 e. The van der Waals surface area contributed by atoms with Crippen molar-refractivity contribution >= 4 is 11.8 Å². The van der Waals surface area contributed by atoms with E-state index in [1.165, 1.54) is 6.92 Å². The summed E-state index contributed by atoms with van der Waals surface area (Å²) < 4.78 is 17.8. The van der Waals surface area contributed by atoms with E-state index in [0.717, 1.165) is 11.1 Å². The monoisotopic (exact) mass is 497 g/mol. The molecule has 0 heterocycles. The average Bonchev–Trinajstić information content (AvgIpc) is 2.93. The maximum Gasteiger partial charge on any atom is 0.303 e. The van der Waals surface area contributed by atoms with E-state index in [-0.39, 0.29) is 18.8 Å². The van der Waals surface area contributed by atoms with Crippen LogP contribution in [0.25, 0.3) is 0 Å². The maximum absolute atomic E-state index is 13.5. The van der Waals surface area contributed by atoms with Crippen molar-refractivity contribution in [1.29, 1.82) is 5.26 Å². The number of carbonyl (C=O) groups excluding carboxylic acids is 2. The van der Waals surface area contributed by atoms with Crippen LogP contribution in [0.5, 0.6) is 0 Å². The Labute approximate surface area is 215 Å². The van der Waals surface area contributed by atoms with Crippen molar-refractivity contribution in [2.24, 2.45) is 0 Å². The van der Waals surface area contributed by atoms with Crippen LogP contribution in [0.1, 0.15) is 35.3 Å². The molecular formula is C30H27NO6. The van der Waals surface area contributed by atoms with Crippen LogP contribution in [0, 0.1) is 11.3 Å². The number of benzene rings is 3. The first kappa shape index (κ1) is 26.0. The molecule has 0 unspecified atom stereocenters. The van der Waals surface area contributed by atoms with E-state index >= 15 is 0 Å². The van der Waals surface area contributed by atoms with Gasteiger partial charge in [-0.1, -0.05) is 72.8 Å². The van der Waals surface area contributed by atoms with Gasteiger partial charge in [-0.3, -0.25) is 9.59 Å². The van der Waals surface area contributed by atoms with Gasteiger partial charge in [-0.15, -0.1) is 0 Å². The van der Waals surface area contributed by atoms with Crippen molar-refractivity contribution in [3.05, 3.63) is 119 Å². The zero-order valence-corrected chi connectivity index (χ0v) is 20.3. The number of aliphatic hydroxyl groups is 1. The summed E-state index contributed by atoms with van der Waals surface area (Å²) in [7, 11) is 0. The Morgan fingerprint density at radius 3 is 2.03 bits per heavy atom. The lowest BCUT2D eigenvalue weighted by Gasteiger charge is -2.36. The van der Waals surface area contributed by atoms with E-state index in [0.29, 0.717) is 11.1 Å². The molecule has 7 nitrogen and oxygen atoms in total. The van der Waals surface area contributed by atoms with Crippen LogP contribution in [0.2, 0.25) is 0 Å². The molecule has 0 aliphatic heterocycles. The molecule has 0 aromatic heterocycles. The fourth-order valence-electron chi connectivity index (χ4n) is 4.14. The van der Waals surface area contributed by atoms with Crippen molar-refractivity contribution in [3.63, 3.8) is 0 Å². The molecule has 0 fully saturated rings. The van der Waals surface area contributed by atoms with Crippen LogP contribution in [-0.4, -0.2) is 35.2 Å². The summed E-state index contributed by atoms with van der Waals surface area (Å²) >= 11 is 0. The Morgan fingerprint density at radius 1 is 0.919 bits per heavy atom. The number of ether oxygens (including phenoxy) is 3. The zero-order chi connectivity index (χ0) is 26.2. The number of rotatable bonds is 9. The molecule has 0 saturated carbocycles. The lowest BCUT2D eigenvalue weighted by atomic mass is 9.85. The number of Topliss-reactive ketones (excluding diaryl/α,β-unsaturated/α-hetero) is 1. The van der Waals surface area contributed by atoms with Gasteiger partial charge in [-0.2, -0.15) is 5.26 Å². The minimum Gasteiger partial charge on any atom is -0.451 e. The standard InChI is InChI=1S/C30H27NO6/c1-20(32)37-30-28(34)25(27(33)24-14-12-21(17-31)13-15-24)16-26(35-18-22-8-4-2-5-9-22)29(30)36-19-23-10-6-3-7-11-23/h2-16,26-27,29-30,33H,18-19H2,1H3/t26-,27-,29+,30+/m0/s1. The number of aliphatic hydroxyl groups excluding tert-OH is 1. The second kappa shape index (κ2) is 12.2. The summed E-state index contributed by atoms with van der Waals surface area (Å²) in [6, 6.07) is 27.2. The summed E-state index contributed by atoms with van der Waals surface area (Å²) in [5.41, 5.74) is 2.67. The van der Waals surface area contributed by atoms with E-state index in [2.05, 4.69) is 0 Å². The lowest BCUT2D eigenvalue weighted by Crippen LogP contribution is -2.51. The molecule has 3 aromatic rings. The van der Waals surface area contributed by atoms with Crippen molar-refractivity contribution < 1.29 is 28.9 Å². The molecule has 4 rings (SSSR count). The first-order valence-corrected chi connectivity index (χ1v) is 11.9. The Kier molecular flexibility index (Phi) is 8.60. The quantitative estimate of drug-likeness (QED) is 0.442. The lowest BCUT2D eigenvalue weighted by molar-refractivity contribution is -0.174. The zero-order valence-electron chi connectivity index (χ0n) is 20.3. The third-order valence-electron chi connectivity index (χ3n) is 6.02. The fraction of sp³-hybridized carbons (Fsp3) is 0.233. The van der Waals surface area contributed by atoms with Crippen molar-refractivity contribution in [2.75, 3.05) is 0 Å². The van der Waals surface area contributed by atoms with Crippen molar-refractivity contribution in [2.45, 2.75) is 44.6 Å². The van der Waals surface area contributed by atoms with Crippen LogP contribution in [0.3, 0.4) is 0 Å². The van der Waals surface area contributed by atoms with E-state index in [4.69, 9.17) is 19.5 Å². The van der Waals surface area contributed by atoms with Crippen LogP contribution in [0.15, 0.2) is 96.6 Å². The molecular weight excluding hydrogens is 470 g/mol. The molecule has 0 bridgehead atoms. The van der Waals surface area contributed by atoms with Gasteiger partial charge in [0.15, 0.2) is 6.10 Å². The van der Waals surface area contributed by atoms with E-state index in [9.17, 15) is 14.7 Å². The number of esters is 1. The number of hydrogen-bond acceptors (Lipinski definition) is 7. The second-order valence-electron chi connectivity index (χ2n) is 8.68. The molecule has 7 heteroatoms. The van der Waals surface area contributed by atoms with Crippen LogP contribution >= 0.6 is 0 Å². The van der Waals surface area contributed by atoms with E-state index in [1.54, 1.807) is 30.3 Å². The first-order chi connectivity index (χ1) is 18.0. The van der Waals surface area contributed by atoms with Gasteiger partial charge >= 0.3 is 5.97 Å². The SMILES string of the molecule is CC(=O)O[C@@H]1C(=O)C([C@@H](O)c2ccc(C#N)cc2)=C[C@H](OCc2ccccc2)[C@H]1OCc1ccccc1.